The molecule has 0 aromatic heterocycles. The molecular weight excluding hydrogens is 219 g/mol. The number of aliphatic hydroxyl groups excluding tert-OH is 2. The van der Waals surface area contributed by atoms with Gasteiger partial charge in [-0.05, 0) is 0 Å². The summed E-state index contributed by atoms with van der Waals surface area (Å²) in [6.45, 7) is 0. The van der Waals surface area contributed by atoms with E-state index in [1.165, 1.54) is 0 Å². The van der Waals surface area contributed by atoms with E-state index in [1.807, 2.05) is 0 Å². The van der Waals surface area contributed by atoms with Crippen molar-refractivity contribution in [1.82, 2.24) is 0 Å². The van der Waals surface area contributed by atoms with Crippen LogP contribution >= 0.6 is 0 Å². The average Bonchev–Trinajstić information content (AvgIpc) is 2.00. The summed E-state index contributed by atoms with van der Waals surface area (Å²) in [7, 11) is 0. The number of carboxylic acids is 1. The fraction of sp³-hybridized carbons (Fsp3) is 0.714. The minimum absolute atomic E-state index is 0. The number of aliphatic hydroxyl groups is 3. The Morgan fingerprint density at radius 1 is 1.50 bits per heavy atom. The Bertz CT molecular complexity index is 255. The quantitative estimate of drug-likeness (QED) is 0.384. The molecule has 0 radical (unpaired) electrons. The van der Waals surface area contributed by atoms with Crippen LogP contribution in [0.15, 0.2) is 0 Å². The van der Waals surface area contributed by atoms with Gasteiger partial charge in [0.15, 0.2) is 5.78 Å². The first-order valence-corrected chi connectivity index (χ1v) is 3.69. The van der Waals surface area contributed by atoms with Gasteiger partial charge in [-0.2, -0.15) is 0 Å². The topological polar surface area (TPSA) is 118 Å². The van der Waals surface area contributed by atoms with Gasteiger partial charge >= 0.3 is 51.4 Å². The number of carbonyl (C=O) groups excluding carboxylic acids is 2. The molecule has 1 aliphatic carbocycles. The SMILES string of the molecule is O=C1CC(O)(C(=O)[O-])CC(O)C1O.[K+]. The third-order valence-corrected chi connectivity index (χ3v) is 2.09. The Morgan fingerprint density at radius 2 is 2.00 bits per heavy atom. The molecular formula is C7H9KO6. The molecule has 3 atom stereocenters. The van der Waals surface area contributed by atoms with Crippen LogP contribution in [0, 0.1) is 0 Å². The van der Waals surface area contributed by atoms with Crippen LogP contribution in [0.3, 0.4) is 0 Å². The van der Waals surface area contributed by atoms with E-state index >= 15 is 0 Å². The summed E-state index contributed by atoms with van der Waals surface area (Å²) in [6, 6.07) is 0. The fourth-order valence-corrected chi connectivity index (χ4v) is 1.29. The maximum absolute atomic E-state index is 10.9. The number of aliphatic carboxylic acids is 1. The van der Waals surface area contributed by atoms with Crippen molar-refractivity contribution in [3.63, 3.8) is 0 Å². The van der Waals surface area contributed by atoms with Gasteiger partial charge in [0.25, 0.3) is 0 Å². The van der Waals surface area contributed by atoms with Crippen molar-refractivity contribution >= 4 is 11.8 Å². The molecule has 0 aliphatic heterocycles. The molecule has 14 heavy (non-hydrogen) atoms. The molecule has 1 fully saturated rings. The molecule has 1 rings (SSSR count). The molecule has 7 heteroatoms. The van der Waals surface area contributed by atoms with Crippen molar-refractivity contribution in [1.29, 1.82) is 0 Å². The van der Waals surface area contributed by atoms with Crippen molar-refractivity contribution in [3.8, 4) is 0 Å². The molecule has 3 N–H and O–H groups in total. The zero-order chi connectivity index (χ0) is 10.2. The van der Waals surface area contributed by atoms with Crippen LogP contribution in [0.5, 0.6) is 0 Å². The Labute approximate surface area is 122 Å². The molecule has 0 spiro atoms. The van der Waals surface area contributed by atoms with Gasteiger partial charge in [0, 0.05) is 12.8 Å². The fourth-order valence-electron chi connectivity index (χ4n) is 1.29. The van der Waals surface area contributed by atoms with Gasteiger partial charge in [-0.25, -0.2) is 0 Å². The van der Waals surface area contributed by atoms with E-state index in [0.29, 0.717) is 0 Å². The first kappa shape index (κ1) is 14.7. The van der Waals surface area contributed by atoms with E-state index in [-0.39, 0.29) is 51.4 Å². The van der Waals surface area contributed by atoms with E-state index in [2.05, 4.69) is 0 Å². The number of hydrogen-bond donors (Lipinski definition) is 3. The number of Topliss-reactive ketones (excluding diaryl/α,β-unsaturated/α-hetero) is 1. The summed E-state index contributed by atoms with van der Waals surface area (Å²) >= 11 is 0. The number of carboxylic acid groups (broad SMARTS) is 1. The summed E-state index contributed by atoms with van der Waals surface area (Å²) in [5.41, 5.74) is -2.35. The van der Waals surface area contributed by atoms with Crippen molar-refractivity contribution in [2.75, 3.05) is 0 Å². The third-order valence-electron chi connectivity index (χ3n) is 2.09. The van der Waals surface area contributed by atoms with Gasteiger partial charge in [0.1, 0.15) is 11.7 Å². The minimum atomic E-state index is -2.35. The maximum atomic E-state index is 10.9. The van der Waals surface area contributed by atoms with E-state index in [9.17, 15) is 19.8 Å². The Hall–Kier alpha value is 0.656. The second-order valence-electron chi connectivity index (χ2n) is 3.18. The van der Waals surface area contributed by atoms with E-state index < -0.39 is 42.4 Å². The van der Waals surface area contributed by atoms with Gasteiger partial charge < -0.3 is 25.2 Å². The zero-order valence-electron chi connectivity index (χ0n) is 7.64. The van der Waals surface area contributed by atoms with Crippen LogP contribution in [0.4, 0.5) is 0 Å². The summed E-state index contributed by atoms with van der Waals surface area (Å²) < 4.78 is 0. The summed E-state index contributed by atoms with van der Waals surface area (Å²) in [5, 5.41) is 37.6. The van der Waals surface area contributed by atoms with Crippen molar-refractivity contribution in [2.24, 2.45) is 0 Å². The Balaban J connectivity index is 0.00000169. The molecule has 0 saturated heterocycles. The van der Waals surface area contributed by atoms with E-state index in [4.69, 9.17) is 10.2 Å². The largest absolute Gasteiger partial charge is 1.00 e. The van der Waals surface area contributed by atoms with Gasteiger partial charge in [-0.3, -0.25) is 4.79 Å². The molecule has 6 nitrogen and oxygen atoms in total. The Morgan fingerprint density at radius 3 is 2.36 bits per heavy atom. The number of ketones is 1. The molecule has 3 unspecified atom stereocenters. The molecule has 1 aliphatic rings. The molecule has 0 aromatic carbocycles. The number of carbonyl (C=O) groups is 2. The van der Waals surface area contributed by atoms with E-state index in [1.54, 1.807) is 0 Å². The predicted octanol–water partition coefficient (Wildman–Crippen LogP) is -6.44. The first-order chi connectivity index (χ1) is 5.87. The molecule has 0 aromatic rings. The summed E-state index contributed by atoms with van der Waals surface area (Å²) in [6.07, 6.45) is -4.49. The van der Waals surface area contributed by atoms with Crippen LogP contribution in [-0.4, -0.2) is 44.9 Å². The summed E-state index contributed by atoms with van der Waals surface area (Å²) in [4.78, 5) is 21.2. The molecule has 0 amide bonds. The second kappa shape index (κ2) is 5.13. The second-order valence-corrected chi connectivity index (χ2v) is 3.18. The maximum Gasteiger partial charge on any atom is 1.00 e. The standard InChI is InChI=1S/C7H10O6.K/c8-3-1-7(13,6(11)12)2-4(9)5(3)10;/h3,5,8,10,13H,1-2H2,(H,11,12);/q;+1/p-1. The molecule has 1 saturated carbocycles. The van der Waals surface area contributed by atoms with Gasteiger partial charge in [0.05, 0.1) is 12.1 Å². The number of hydrogen-bond acceptors (Lipinski definition) is 6. The van der Waals surface area contributed by atoms with Crippen LogP contribution in [0.25, 0.3) is 0 Å². The first-order valence-electron chi connectivity index (χ1n) is 3.69. The van der Waals surface area contributed by atoms with Crippen LogP contribution in [0.1, 0.15) is 12.8 Å². The zero-order valence-corrected chi connectivity index (χ0v) is 10.8. The van der Waals surface area contributed by atoms with Crippen LogP contribution in [0.2, 0.25) is 0 Å². The Kier molecular flexibility index (Phi) is 5.37. The normalized spacial score (nSPS) is 37.5. The minimum Gasteiger partial charge on any atom is -0.547 e. The molecule has 0 bridgehead atoms. The number of rotatable bonds is 1. The van der Waals surface area contributed by atoms with E-state index in [0.717, 1.165) is 0 Å². The summed E-state index contributed by atoms with van der Waals surface area (Å²) in [5.74, 6) is -2.71. The van der Waals surface area contributed by atoms with Gasteiger partial charge in [0.2, 0.25) is 0 Å². The third kappa shape index (κ3) is 2.83. The average molecular weight is 228 g/mol. The van der Waals surface area contributed by atoms with Gasteiger partial charge in [-0.15, -0.1) is 0 Å². The van der Waals surface area contributed by atoms with Crippen molar-refractivity contribution in [2.45, 2.75) is 30.7 Å². The predicted molar refractivity (Wildman–Crippen MR) is 36.2 cm³/mol. The van der Waals surface area contributed by atoms with Crippen LogP contribution < -0.4 is 56.5 Å². The van der Waals surface area contributed by atoms with Crippen LogP contribution in [-0.2, 0) is 9.59 Å². The van der Waals surface area contributed by atoms with Gasteiger partial charge in [-0.1, -0.05) is 0 Å². The smallest absolute Gasteiger partial charge is 0.547 e. The molecule has 0 heterocycles. The molecule has 74 valence electrons. The monoisotopic (exact) mass is 228 g/mol. The van der Waals surface area contributed by atoms with Crippen molar-refractivity contribution in [3.05, 3.63) is 0 Å². The van der Waals surface area contributed by atoms with Crippen molar-refractivity contribution < 1.29 is 81.4 Å².